The highest BCUT2D eigenvalue weighted by atomic mass is 32.2. The van der Waals surface area contributed by atoms with Gasteiger partial charge in [0.2, 0.25) is 0 Å². The van der Waals surface area contributed by atoms with Gasteiger partial charge in [-0.2, -0.15) is 0 Å². The molecule has 0 unspecified atom stereocenters. The van der Waals surface area contributed by atoms with Gasteiger partial charge in [-0.1, -0.05) is 6.07 Å². The Hall–Kier alpha value is -3.26. The molecule has 0 radical (unpaired) electrons. The van der Waals surface area contributed by atoms with E-state index in [0.29, 0.717) is 28.4 Å². The van der Waals surface area contributed by atoms with Crippen molar-refractivity contribution in [1.82, 2.24) is 4.57 Å². The lowest BCUT2D eigenvalue weighted by Gasteiger charge is -2.13. The van der Waals surface area contributed by atoms with Crippen molar-refractivity contribution in [3.63, 3.8) is 0 Å². The highest BCUT2D eigenvalue weighted by molar-refractivity contribution is 7.92. The molecule has 0 saturated heterocycles. The Morgan fingerprint density at radius 3 is 2.32 bits per heavy atom. The van der Waals surface area contributed by atoms with Gasteiger partial charge in [-0.3, -0.25) is 9.52 Å². The molecule has 0 saturated carbocycles. The maximum absolute atomic E-state index is 12.8. The number of hydrogen-bond donors (Lipinski definition) is 2. The molecule has 3 rings (SSSR count). The lowest BCUT2D eigenvalue weighted by atomic mass is 10.2. The Balaban J connectivity index is 1.85. The van der Waals surface area contributed by atoms with Crippen molar-refractivity contribution in [2.45, 2.75) is 11.8 Å². The van der Waals surface area contributed by atoms with E-state index in [1.807, 2.05) is 0 Å². The average molecular weight is 399 g/mol. The van der Waals surface area contributed by atoms with E-state index >= 15 is 0 Å². The number of anilines is 2. The Kier molecular flexibility index (Phi) is 5.41. The maximum Gasteiger partial charge on any atom is 0.272 e. The van der Waals surface area contributed by atoms with Crippen LogP contribution in [0.25, 0.3) is 0 Å². The highest BCUT2D eigenvalue weighted by Crippen LogP contribution is 2.24. The fourth-order valence-corrected chi connectivity index (χ4v) is 4.06. The number of carbonyl (C=O) groups is 1. The van der Waals surface area contributed by atoms with Crippen molar-refractivity contribution in [2.24, 2.45) is 7.05 Å². The van der Waals surface area contributed by atoms with Gasteiger partial charge in [-0.15, -0.1) is 0 Å². The van der Waals surface area contributed by atoms with Gasteiger partial charge in [-0.25, -0.2) is 8.42 Å². The van der Waals surface area contributed by atoms with Gasteiger partial charge < -0.3 is 14.6 Å². The molecule has 1 aromatic heterocycles. The number of amides is 1. The number of aromatic nitrogens is 1. The van der Waals surface area contributed by atoms with Crippen LogP contribution in [0, 0.1) is 6.92 Å². The molecule has 0 aliphatic carbocycles. The number of benzene rings is 2. The van der Waals surface area contributed by atoms with Gasteiger partial charge in [0.25, 0.3) is 15.9 Å². The molecule has 146 valence electrons. The molecule has 0 aliphatic heterocycles. The minimum Gasteiger partial charge on any atom is -0.497 e. The molecule has 0 bridgehead atoms. The fourth-order valence-electron chi connectivity index (χ4n) is 2.73. The first-order chi connectivity index (χ1) is 13.3. The van der Waals surface area contributed by atoms with Gasteiger partial charge in [-0.05, 0) is 61.0 Å². The molecule has 2 N–H and O–H groups in total. The lowest BCUT2D eigenvalue weighted by Crippen LogP contribution is -2.17. The second-order valence-corrected chi connectivity index (χ2v) is 7.92. The Morgan fingerprint density at radius 1 is 1.04 bits per heavy atom. The number of aryl methyl sites for hydroxylation is 2. The first kappa shape index (κ1) is 19.5. The van der Waals surface area contributed by atoms with E-state index in [2.05, 4.69) is 10.0 Å². The largest absolute Gasteiger partial charge is 0.497 e. The fraction of sp³-hybridized carbons (Fsp3) is 0.150. The summed E-state index contributed by atoms with van der Waals surface area (Å²) in [4.78, 5) is 12.5. The second kappa shape index (κ2) is 7.77. The standard InChI is InChI=1S/C20H21N3O4S/c1-14-6-7-16(21-20(24)18-5-4-12-23(18)2)13-19(14)28(25,26)22-15-8-10-17(27-3)11-9-15/h4-13,22H,1-3H3,(H,21,24). The van der Waals surface area contributed by atoms with Gasteiger partial charge in [0.15, 0.2) is 0 Å². The molecular weight excluding hydrogens is 378 g/mol. The molecule has 7 nitrogen and oxygen atoms in total. The van der Waals surface area contributed by atoms with Gasteiger partial charge in [0.1, 0.15) is 11.4 Å². The van der Waals surface area contributed by atoms with Crippen LogP contribution in [0.4, 0.5) is 11.4 Å². The van der Waals surface area contributed by atoms with E-state index in [1.54, 1.807) is 73.3 Å². The van der Waals surface area contributed by atoms with Crippen LogP contribution in [0.5, 0.6) is 5.75 Å². The van der Waals surface area contributed by atoms with Crippen LogP contribution in [0.15, 0.2) is 65.7 Å². The normalized spacial score (nSPS) is 11.1. The summed E-state index contributed by atoms with van der Waals surface area (Å²) in [5.74, 6) is 0.312. The number of carbonyl (C=O) groups excluding carboxylic acids is 1. The van der Waals surface area contributed by atoms with E-state index in [0.717, 1.165) is 0 Å². The number of sulfonamides is 1. The highest BCUT2D eigenvalue weighted by Gasteiger charge is 2.19. The third kappa shape index (κ3) is 4.17. The Morgan fingerprint density at radius 2 is 1.71 bits per heavy atom. The molecule has 0 fully saturated rings. The Labute approximate surface area is 164 Å². The van der Waals surface area contributed by atoms with Crippen LogP contribution in [-0.4, -0.2) is 26.0 Å². The number of nitrogens with zero attached hydrogens (tertiary/aromatic N) is 1. The number of methoxy groups -OCH3 is 1. The molecule has 1 heterocycles. The predicted molar refractivity (Wildman–Crippen MR) is 108 cm³/mol. The summed E-state index contributed by atoms with van der Waals surface area (Å²) >= 11 is 0. The molecule has 3 aromatic rings. The molecule has 1 amide bonds. The predicted octanol–water partition coefficient (Wildman–Crippen LogP) is 3.40. The zero-order valence-corrected chi connectivity index (χ0v) is 16.6. The van der Waals surface area contributed by atoms with Crippen molar-refractivity contribution in [2.75, 3.05) is 17.1 Å². The minimum atomic E-state index is -3.83. The number of ether oxygens (including phenoxy) is 1. The molecule has 0 atom stereocenters. The smallest absolute Gasteiger partial charge is 0.272 e. The van der Waals surface area contributed by atoms with Crippen LogP contribution in [0.2, 0.25) is 0 Å². The summed E-state index contributed by atoms with van der Waals surface area (Å²) in [7, 11) is -0.529. The van der Waals surface area contributed by atoms with E-state index in [1.165, 1.54) is 13.2 Å². The van der Waals surface area contributed by atoms with Crippen molar-refractivity contribution in [1.29, 1.82) is 0 Å². The molecule has 0 spiro atoms. The summed E-state index contributed by atoms with van der Waals surface area (Å²) in [6.07, 6.45) is 1.76. The molecular formula is C20H21N3O4S. The van der Waals surface area contributed by atoms with Crippen LogP contribution < -0.4 is 14.8 Å². The maximum atomic E-state index is 12.8. The summed E-state index contributed by atoms with van der Waals surface area (Å²) < 4.78 is 35.0. The van der Waals surface area contributed by atoms with Crippen molar-refractivity contribution >= 4 is 27.3 Å². The number of nitrogens with one attached hydrogen (secondary N) is 2. The Bertz CT molecular complexity index is 1100. The van der Waals surface area contributed by atoms with Crippen LogP contribution in [-0.2, 0) is 17.1 Å². The van der Waals surface area contributed by atoms with E-state index in [4.69, 9.17) is 4.74 Å². The second-order valence-electron chi connectivity index (χ2n) is 6.27. The van der Waals surface area contributed by atoms with Gasteiger partial charge in [0, 0.05) is 24.6 Å². The molecule has 0 aliphatic rings. The van der Waals surface area contributed by atoms with E-state index < -0.39 is 10.0 Å². The first-order valence-electron chi connectivity index (χ1n) is 8.50. The van der Waals surface area contributed by atoms with E-state index in [9.17, 15) is 13.2 Å². The van der Waals surface area contributed by atoms with Crippen molar-refractivity contribution < 1.29 is 17.9 Å². The summed E-state index contributed by atoms with van der Waals surface area (Å²) in [6, 6.07) is 14.8. The first-order valence-corrected chi connectivity index (χ1v) is 9.99. The monoisotopic (exact) mass is 399 g/mol. The molecule has 28 heavy (non-hydrogen) atoms. The third-order valence-electron chi connectivity index (χ3n) is 4.25. The topological polar surface area (TPSA) is 89.4 Å². The number of hydrogen-bond acceptors (Lipinski definition) is 4. The number of rotatable bonds is 6. The molecule has 8 heteroatoms. The zero-order valence-electron chi connectivity index (χ0n) is 15.8. The van der Waals surface area contributed by atoms with Crippen LogP contribution >= 0.6 is 0 Å². The summed E-state index contributed by atoms with van der Waals surface area (Å²) in [5, 5.41) is 2.74. The molecule has 2 aromatic carbocycles. The van der Waals surface area contributed by atoms with Crippen molar-refractivity contribution in [3.05, 3.63) is 72.1 Å². The van der Waals surface area contributed by atoms with Gasteiger partial charge >= 0.3 is 0 Å². The van der Waals surface area contributed by atoms with Crippen LogP contribution in [0.1, 0.15) is 16.1 Å². The summed E-state index contributed by atoms with van der Waals surface area (Å²) in [6.45, 7) is 1.70. The zero-order chi connectivity index (χ0) is 20.3. The third-order valence-corrected chi connectivity index (χ3v) is 5.78. The minimum absolute atomic E-state index is 0.0907. The average Bonchev–Trinajstić information content (AvgIpc) is 3.09. The van der Waals surface area contributed by atoms with Crippen molar-refractivity contribution in [3.8, 4) is 5.75 Å². The van der Waals surface area contributed by atoms with E-state index in [-0.39, 0.29) is 10.8 Å². The SMILES string of the molecule is COc1ccc(NS(=O)(=O)c2cc(NC(=O)c3cccn3C)ccc2C)cc1. The summed E-state index contributed by atoms with van der Waals surface area (Å²) in [5.41, 5.74) is 1.85. The van der Waals surface area contributed by atoms with Gasteiger partial charge in [0.05, 0.1) is 12.0 Å². The lowest BCUT2D eigenvalue weighted by molar-refractivity contribution is 0.101. The van der Waals surface area contributed by atoms with Crippen LogP contribution in [0.3, 0.4) is 0 Å². The quantitative estimate of drug-likeness (QED) is 0.665.